The van der Waals surface area contributed by atoms with Crippen LogP contribution in [0.4, 0.5) is 5.69 Å². The molecule has 1 aromatic heterocycles. The standard InChI is InChI=1S/C11H14Cl2N4O2/c1-7(11(18)17-2-4-19-5-3-17)14-8-6-9(12)15-16-10(8)13/h6-7H,2-5H2,1H3,(H,14,15). The van der Waals surface area contributed by atoms with E-state index in [1.807, 2.05) is 0 Å². The number of carbonyl (C=O) groups is 1. The number of morpholine rings is 1. The summed E-state index contributed by atoms with van der Waals surface area (Å²) in [4.78, 5) is 13.9. The summed E-state index contributed by atoms with van der Waals surface area (Å²) in [6, 6.07) is 1.12. The molecule has 1 unspecified atom stereocenters. The molecule has 0 spiro atoms. The molecule has 0 saturated carbocycles. The van der Waals surface area contributed by atoms with Gasteiger partial charge in [-0.05, 0) is 6.92 Å². The average molecular weight is 305 g/mol. The van der Waals surface area contributed by atoms with Gasteiger partial charge in [-0.2, -0.15) is 0 Å². The molecule has 8 heteroatoms. The monoisotopic (exact) mass is 304 g/mol. The Hall–Kier alpha value is -1.11. The normalized spacial score (nSPS) is 17.1. The lowest BCUT2D eigenvalue weighted by Crippen LogP contribution is -2.47. The molecule has 1 saturated heterocycles. The van der Waals surface area contributed by atoms with E-state index >= 15 is 0 Å². The number of amides is 1. The first-order valence-corrected chi connectivity index (χ1v) is 6.65. The van der Waals surface area contributed by atoms with Crippen LogP contribution in [0.2, 0.25) is 10.3 Å². The Bertz CT molecular complexity index is 466. The van der Waals surface area contributed by atoms with Crippen LogP contribution in [0.15, 0.2) is 6.07 Å². The summed E-state index contributed by atoms with van der Waals surface area (Å²) in [6.45, 7) is 4.12. The molecule has 2 heterocycles. The Labute approximate surface area is 121 Å². The van der Waals surface area contributed by atoms with Gasteiger partial charge in [0.25, 0.3) is 0 Å². The Morgan fingerprint density at radius 1 is 1.42 bits per heavy atom. The zero-order valence-electron chi connectivity index (χ0n) is 10.4. The van der Waals surface area contributed by atoms with E-state index in [4.69, 9.17) is 27.9 Å². The summed E-state index contributed by atoms with van der Waals surface area (Å²) in [6.07, 6.45) is 0. The Balaban J connectivity index is 2.01. The third-order valence-electron chi connectivity index (χ3n) is 2.78. The molecule has 0 radical (unpaired) electrons. The summed E-state index contributed by atoms with van der Waals surface area (Å²) in [7, 11) is 0. The quantitative estimate of drug-likeness (QED) is 0.915. The van der Waals surface area contributed by atoms with Gasteiger partial charge in [0.2, 0.25) is 5.91 Å². The van der Waals surface area contributed by atoms with Gasteiger partial charge in [-0.3, -0.25) is 4.79 Å². The number of nitrogens with zero attached hydrogens (tertiary/aromatic N) is 3. The predicted octanol–water partition coefficient (Wildman–Crippen LogP) is 1.44. The highest BCUT2D eigenvalue weighted by Gasteiger charge is 2.23. The maximum Gasteiger partial charge on any atom is 0.244 e. The van der Waals surface area contributed by atoms with Crippen molar-refractivity contribution in [1.82, 2.24) is 15.1 Å². The maximum atomic E-state index is 12.2. The lowest BCUT2D eigenvalue weighted by Gasteiger charge is -2.29. The van der Waals surface area contributed by atoms with E-state index < -0.39 is 6.04 Å². The van der Waals surface area contributed by atoms with Crippen LogP contribution < -0.4 is 5.32 Å². The first-order chi connectivity index (χ1) is 9.08. The summed E-state index contributed by atoms with van der Waals surface area (Å²) in [5.74, 6) is -0.00713. The van der Waals surface area contributed by atoms with E-state index in [1.165, 1.54) is 0 Å². The third-order valence-corrected chi connectivity index (χ3v) is 3.25. The fourth-order valence-corrected chi connectivity index (χ4v) is 2.10. The molecule has 104 valence electrons. The number of anilines is 1. The molecule has 0 aliphatic carbocycles. The fraction of sp³-hybridized carbons (Fsp3) is 0.545. The van der Waals surface area contributed by atoms with E-state index in [1.54, 1.807) is 17.9 Å². The second kappa shape index (κ2) is 6.36. The van der Waals surface area contributed by atoms with E-state index in [9.17, 15) is 4.79 Å². The van der Waals surface area contributed by atoms with Crippen molar-refractivity contribution in [3.8, 4) is 0 Å². The molecule has 0 aromatic carbocycles. The molecule has 0 bridgehead atoms. The Kier molecular flexibility index (Phi) is 4.79. The van der Waals surface area contributed by atoms with Crippen LogP contribution >= 0.6 is 23.2 Å². The third kappa shape index (κ3) is 3.68. The lowest BCUT2D eigenvalue weighted by molar-refractivity contribution is -0.135. The first-order valence-electron chi connectivity index (χ1n) is 5.89. The van der Waals surface area contributed by atoms with Crippen molar-refractivity contribution in [2.24, 2.45) is 0 Å². The van der Waals surface area contributed by atoms with Gasteiger partial charge in [0.05, 0.1) is 18.9 Å². The van der Waals surface area contributed by atoms with Crippen molar-refractivity contribution in [2.45, 2.75) is 13.0 Å². The van der Waals surface area contributed by atoms with Crippen LogP contribution in [0.5, 0.6) is 0 Å². The van der Waals surface area contributed by atoms with E-state index in [-0.39, 0.29) is 16.2 Å². The number of hydrogen-bond acceptors (Lipinski definition) is 5. The zero-order chi connectivity index (χ0) is 13.8. The van der Waals surface area contributed by atoms with E-state index in [0.29, 0.717) is 32.0 Å². The van der Waals surface area contributed by atoms with Gasteiger partial charge in [-0.1, -0.05) is 23.2 Å². The number of carbonyl (C=O) groups excluding carboxylic acids is 1. The van der Waals surface area contributed by atoms with Gasteiger partial charge in [-0.25, -0.2) is 0 Å². The van der Waals surface area contributed by atoms with Crippen molar-refractivity contribution >= 4 is 34.8 Å². The second-order valence-electron chi connectivity index (χ2n) is 4.18. The smallest absolute Gasteiger partial charge is 0.244 e. The van der Waals surface area contributed by atoms with Crippen LogP contribution in [-0.2, 0) is 9.53 Å². The number of ether oxygens (including phenoxy) is 1. The highest BCUT2D eigenvalue weighted by Crippen LogP contribution is 2.21. The van der Waals surface area contributed by atoms with Gasteiger partial charge < -0.3 is 15.0 Å². The number of nitrogens with one attached hydrogen (secondary N) is 1. The summed E-state index contributed by atoms with van der Waals surface area (Å²) in [5.41, 5.74) is 0.496. The minimum atomic E-state index is -0.420. The zero-order valence-corrected chi connectivity index (χ0v) is 11.9. The van der Waals surface area contributed by atoms with Gasteiger partial charge in [0.1, 0.15) is 6.04 Å². The lowest BCUT2D eigenvalue weighted by atomic mass is 10.2. The minimum absolute atomic E-state index is 0.00713. The molecule has 1 aliphatic rings. The molecule has 1 aliphatic heterocycles. The van der Waals surface area contributed by atoms with Crippen LogP contribution in [-0.4, -0.2) is 53.3 Å². The van der Waals surface area contributed by atoms with Gasteiger partial charge in [-0.15, -0.1) is 10.2 Å². The highest BCUT2D eigenvalue weighted by atomic mass is 35.5. The molecule has 1 atom stereocenters. The minimum Gasteiger partial charge on any atom is -0.378 e. The molecule has 1 aromatic rings. The summed E-state index contributed by atoms with van der Waals surface area (Å²) >= 11 is 11.6. The largest absolute Gasteiger partial charge is 0.378 e. The van der Waals surface area contributed by atoms with E-state index in [2.05, 4.69) is 15.5 Å². The number of halogens is 2. The molecule has 1 fully saturated rings. The molecule has 2 rings (SSSR count). The van der Waals surface area contributed by atoms with E-state index in [0.717, 1.165) is 0 Å². The second-order valence-corrected chi connectivity index (χ2v) is 4.92. The topological polar surface area (TPSA) is 67.4 Å². The number of hydrogen-bond donors (Lipinski definition) is 1. The van der Waals surface area contributed by atoms with Gasteiger partial charge >= 0.3 is 0 Å². The molecule has 1 amide bonds. The summed E-state index contributed by atoms with van der Waals surface area (Å²) < 4.78 is 5.21. The van der Waals surface area contributed by atoms with Crippen molar-refractivity contribution in [1.29, 1.82) is 0 Å². The molecular formula is C11H14Cl2N4O2. The van der Waals surface area contributed by atoms with Gasteiger partial charge in [0.15, 0.2) is 10.3 Å². The highest BCUT2D eigenvalue weighted by molar-refractivity contribution is 6.33. The average Bonchev–Trinajstić information content (AvgIpc) is 2.43. The Morgan fingerprint density at radius 2 is 2.11 bits per heavy atom. The molecular weight excluding hydrogens is 291 g/mol. The van der Waals surface area contributed by atoms with Crippen molar-refractivity contribution in [3.05, 3.63) is 16.4 Å². The number of rotatable bonds is 3. The van der Waals surface area contributed by atoms with Crippen LogP contribution in [0, 0.1) is 0 Å². The number of aromatic nitrogens is 2. The fourth-order valence-electron chi connectivity index (χ4n) is 1.81. The van der Waals surface area contributed by atoms with Crippen LogP contribution in [0.25, 0.3) is 0 Å². The van der Waals surface area contributed by atoms with Crippen molar-refractivity contribution in [3.63, 3.8) is 0 Å². The first kappa shape index (κ1) is 14.3. The van der Waals surface area contributed by atoms with Crippen LogP contribution in [0.3, 0.4) is 0 Å². The SMILES string of the molecule is CC(Nc1cc(Cl)nnc1Cl)C(=O)N1CCOCC1. The molecule has 6 nitrogen and oxygen atoms in total. The van der Waals surface area contributed by atoms with Gasteiger partial charge in [0, 0.05) is 19.2 Å². The predicted molar refractivity (Wildman–Crippen MR) is 72.5 cm³/mol. The Morgan fingerprint density at radius 3 is 2.79 bits per heavy atom. The maximum absolute atomic E-state index is 12.2. The summed E-state index contributed by atoms with van der Waals surface area (Å²) in [5, 5.41) is 10.7. The molecule has 19 heavy (non-hydrogen) atoms. The van der Waals surface area contributed by atoms with Crippen LogP contribution in [0.1, 0.15) is 6.92 Å². The molecule has 1 N–H and O–H groups in total. The van der Waals surface area contributed by atoms with Crippen molar-refractivity contribution < 1.29 is 9.53 Å². The van der Waals surface area contributed by atoms with Crippen molar-refractivity contribution in [2.75, 3.05) is 31.6 Å².